The first kappa shape index (κ1) is 20.3. The Morgan fingerprint density at radius 2 is 1.70 bits per heavy atom. The number of aryl methyl sites for hydroxylation is 1. The molecule has 0 unspecified atom stereocenters. The number of carbonyl (C=O) groups excluding carboxylic acids is 1. The Morgan fingerprint density at radius 1 is 1.03 bits per heavy atom. The number of aromatic nitrogens is 2. The number of rotatable bonds is 5. The molecule has 1 aliphatic rings. The van der Waals surface area contributed by atoms with Crippen LogP contribution >= 0.6 is 0 Å². The number of hydrogen-bond donors (Lipinski definition) is 0. The van der Waals surface area contributed by atoms with E-state index >= 15 is 0 Å². The van der Waals surface area contributed by atoms with Crippen LogP contribution in [0.3, 0.4) is 0 Å². The van der Waals surface area contributed by atoms with Crippen molar-refractivity contribution >= 4 is 15.9 Å². The van der Waals surface area contributed by atoms with Crippen molar-refractivity contribution in [2.75, 3.05) is 13.2 Å². The lowest BCUT2D eigenvalue weighted by Gasteiger charge is -2.28. The molecule has 0 saturated heterocycles. The first-order valence-corrected chi connectivity index (χ1v) is 11.2. The standard InChI is InChI=1S/C22H23N3O4S/c1-16-22(30(27,28)24-13-12-18-8-6-7-9-19(18)14-24)17(2)25(23-16)21(26)15-29-20-10-4-3-5-11-20/h3-11H,12-15H2,1-2H3. The molecule has 1 aliphatic heterocycles. The molecule has 0 N–H and O–H groups in total. The van der Waals surface area contributed by atoms with Crippen LogP contribution in [0.2, 0.25) is 0 Å². The summed E-state index contributed by atoms with van der Waals surface area (Å²) in [6.45, 7) is 3.69. The predicted molar refractivity (Wildman–Crippen MR) is 112 cm³/mol. The first-order valence-electron chi connectivity index (χ1n) is 9.72. The van der Waals surface area contributed by atoms with E-state index in [1.165, 1.54) is 9.87 Å². The fourth-order valence-corrected chi connectivity index (χ4v) is 5.54. The zero-order chi connectivity index (χ0) is 21.3. The highest BCUT2D eigenvalue weighted by Gasteiger charge is 2.34. The molecular weight excluding hydrogens is 402 g/mol. The maximum Gasteiger partial charge on any atom is 0.285 e. The summed E-state index contributed by atoms with van der Waals surface area (Å²) in [5.41, 5.74) is 2.77. The maximum atomic E-state index is 13.4. The van der Waals surface area contributed by atoms with Crippen LogP contribution in [0, 0.1) is 13.8 Å². The van der Waals surface area contributed by atoms with Gasteiger partial charge in [-0.3, -0.25) is 4.79 Å². The molecule has 0 saturated carbocycles. The molecule has 0 aliphatic carbocycles. The average Bonchev–Trinajstić information content (AvgIpc) is 3.07. The third-order valence-corrected chi connectivity index (χ3v) is 7.36. The van der Waals surface area contributed by atoms with E-state index in [2.05, 4.69) is 5.10 Å². The molecule has 3 aromatic rings. The first-order chi connectivity index (χ1) is 14.4. The Bertz CT molecular complexity index is 1190. The quantitative estimate of drug-likeness (QED) is 0.628. The van der Waals surface area contributed by atoms with Crippen molar-refractivity contribution in [1.82, 2.24) is 14.1 Å². The Hall–Kier alpha value is -2.97. The lowest BCUT2D eigenvalue weighted by Crippen LogP contribution is -2.36. The third-order valence-electron chi connectivity index (χ3n) is 5.26. The molecule has 0 radical (unpaired) electrons. The number of benzene rings is 2. The molecule has 0 fully saturated rings. The van der Waals surface area contributed by atoms with Crippen molar-refractivity contribution in [1.29, 1.82) is 0 Å². The van der Waals surface area contributed by atoms with E-state index in [9.17, 15) is 13.2 Å². The van der Waals surface area contributed by atoms with E-state index in [0.29, 0.717) is 36.6 Å². The van der Waals surface area contributed by atoms with Crippen molar-refractivity contribution < 1.29 is 17.9 Å². The second-order valence-electron chi connectivity index (χ2n) is 7.26. The molecular formula is C22H23N3O4S. The van der Waals surface area contributed by atoms with Crippen molar-refractivity contribution in [3.63, 3.8) is 0 Å². The minimum absolute atomic E-state index is 0.0925. The van der Waals surface area contributed by atoms with Crippen molar-refractivity contribution in [2.45, 2.75) is 31.7 Å². The molecule has 156 valence electrons. The van der Waals surface area contributed by atoms with E-state index in [-0.39, 0.29) is 11.5 Å². The number of fused-ring (bicyclic) bond motifs is 1. The summed E-state index contributed by atoms with van der Waals surface area (Å²) in [4.78, 5) is 12.7. The van der Waals surface area contributed by atoms with Gasteiger partial charge in [-0.1, -0.05) is 42.5 Å². The highest BCUT2D eigenvalue weighted by atomic mass is 32.2. The molecule has 0 amide bonds. The minimum Gasteiger partial charge on any atom is -0.484 e. The van der Waals surface area contributed by atoms with Crippen LogP contribution in [0.1, 0.15) is 27.3 Å². The van der Waals surface area contributed by atoms with E-state index in [4.69, 9.17) is 4.74 Å². The smallest absolute Gasteiger partial charge is 0.285 e. The van der Waals surface area contributed by atoms with Gasteiger partial charge in [0, 0.05) is 13.1 Å². The molecule has 1 aromatic heterocycles. The van der Waals surface area contributed by atoms with Gasteiger partial charge in [0.25, 0.3) is 5.91 Å². The minimum atomic E-state index is -3.79. The summed E-state index contributed by atoms with van der Waals surface area (Å²) in [5.74, 6) is 0.136. The highest BCUT2D eigenvalue weighted by molar-refractivity contribution is 7.89. The Morgan fingerprint density at radius 3 is 2.43 bits per heavy atom. The topological polar surface area (TPSA) is 81.5 Å². The summed E-state index contributed by atoms with van der Waals surface area (Å²) in [5, 5.41) is 4.21. The van der Waals surface area contributed by atoms with Crippen LogP contribution in [-0.2, 0) is 23.0 Å². The zero-order valence-electron chi connectivity index (χ0n) is 16.9. The van der Waals surface area contributed by atoms with Crippen LogP contribution in [-0.4, -0.2) is 41.6 Å². The second-order valence-corrected chi connectivity index (χ2v) is 9.14. The Balaban J connectivity index is 1.57. The SMILES string of the molecule is Cc1nn(C(=O)COc2ccccc2)c(C)c1S(=O)(=O)N1CCc2ccccc2C1. The zero-order valence-corrected chi connectivity index (χ0v) is 17.7. The number of hydrogen-bond acceptors (Lipinski definition) is 5. The van der Waals surface area contributed by atoms with Crippen LogP contribution in [0.4, 0.5) is 0 Å². The molecule has 7 nitrogen and oxygen atoms in total. The maximum absolute atomic E-state index is 13.4. The summed E-state index contributed by atoms with van der Waals surface area (Å²) in [6.07, 6.45) is 0.658. The molecule has 30 heavy (non-hydrogen) atoms. The summed E-state index contributed by atoms with van der Waals surface area (Å²) >= 11 is 0. The van der Waals surface area contributed by atoms with Gasteiger partial charge >= 0.3 is 0 Å². The van der Waals surface area contributed by atoms with Crippen LogP contribution in [0.15, 0.2) is 59.5 Å². The lowest BCUT2D eigenvalue weighted by molar-refractivity contribution is 0.0818. The van der Waals surface area contributed by atoms with Crippen molar-refractivity contribution in [3.8, 4) is 5.75 Å². The highest BCUT2D eigenvalue weighted by Crippen LogP contribution is 2.28. The summed E-state index contributed by atoms with van der Waals surface area (Å²) in [6, 6.07) is 16.8. The van der Waals surface area contributed by atoms with Crippen molar-refractivity contribution in [3.05, 3.63) is 77.1 Å². The van der Waals surface area contributed by atoms with Gasteiger partial charge in [0.1, 0.15) is 10.6 Å². The van der Waals surface area contributed by atoms with E-state index < -0.39 is 15.9 Å². The van der Waals surface area contributed by atoms with E-state index in [1.54, 1.807) is 26.0 Å². The number of para-hydroxylation sites is 1. The number of nitrogens with zero attached hydrogens (tertiary/aromatic N) is 3. The summed E-state index contributed by atoms with van der Waals surface area (Å²) in [7, 11) is -3.79. The van der Waals surface area contributed by atoms with E-state index in [0.717, 1.165) is 10.2 Å². The molecule has 2 heterocycles. The van der Waals surface area contributed by atoms with Gasteiger partial charge in [-0.15, -0.1) is 0 Å². The number of carbonyl (C=O) groups is 1. The second kappa shape index (κ2) is 8.04. The van der Waals surface area contributed by atoms with E-state index in [1.807, 2.05) is 42.5 Å². The molecule has 4 rings (SSSR count). The largest absolute Gasteiger partial charge is 0.484 e. The van der Waals surface area contributed by atoms with Crippen LogP contribution in [0.25, 0.3) is 0 Å². The fraction of sp³-hybridized carbons (Fsp3) is 0.273. The van der Waals surface area contributed by atoms with Gasteiger partial charge in [-0.05, 0) is 43.5 Å². The van der Waals surface area contributed by atoms with Gasteiger partial charge in [-0.25, -0.2) is 13.1 Å². The third kappa shape index (κ3) is 3.76. The summed E-state index contributed by atoms with van der Waals surface area (Å²) < 4.78 is 34.9. The van der Waals surface area contributed by atoms with Gasteiger partial charge in [0.15, 0.2) is 6.61 Å². The lowest BCUT2D eigenvalue weighted by atomic mass is 10.0. The molecule has 2 aromatic carbocycles. The molecule has 8 heteroatoms. The van der Waals surface area contributed by atoms with Gasteiger partial charge in [0.05, 0.1) is 11.4 Å². The number of ether oxygens (including phenoxy) is 1. The number of sulfonamides is 1. The predicted octanol–water partition coefficient (Wildman–Crippen LogP) is 2.97. The fourth-order valence-electron chi connectivity index (χ4n) is 3.77. The average molecular weight is 426 g/mol. The van der Waals surface area contributed by atoms with Gasteiger partial charge in [-0.2, -0.15) is 9.40 Å². The van der Waals surface area contributed by atoms with Crippen LogP contribution < -0.4 is 4.74 Å². The Kier molecular flexibility index (Phi) is 5.44. The molecule has 0 atom stereocenters. The van der Waals surface area contributed by atoms with Crippen LogP contribution in [0.5, 0.6) is 5.75 Å². The molecule has 0 bridgehead atoms. The normalized spacial score (nSPS) is 14.3. The molecule has 0 spiro atoms. The van der Waals surface area contributed by atoms with Gasteiger partial charge < -0.3 is 4.74 Å². The monoisotopic (exact) mass is 425 g/mol. The van der Waals surface area contributed by atoms with Gasteiger partial charge in [0.2, 0.25) is 10.0 Å². The van der Waals surface area contributed by atoms with Crippen molar-refractivity contribution in [2.24, 2.45) is 0 Å². The Labute approximate surface area is 175 Å².